The fourth-order valence-electron chi connectivity index (χ4n) is 2.96. The van der Waals surface area contributed by atoms with Gasteiger partial charge in [0.25, 0.3) is 15.9 Å². The molecule has 7 heteroatoms. The second-order valence-corrected chi connectivity index (χ2v) is 8.63. The van der Waals surface area contributed by atoms with Crippen molar-refractivity contribution in [3.05, 3.63) is 89.5 Å². The largest absolute Gasteiger partial charge is 0.396 e. The predicted octanol–water partition coefficient (Wildman–Crippen LogP) is 3.97. The van der Waals surface area contributed by atoms with Gasteiger partial charge in [-0.15, -0.1) is 0 Å². The number of carbonyl (C=O) groups excluding carboxylic acids is 1. The van der Waals surface area contributed by atoms with Crippen molar-refractivity contribution in [3.63, 3.8) is 0 Å². The number of nitrogens with one attached hydrogen (secondary N) is 2. The molecule has 0 aromatic heterocycles. The lowest BCUT2D eigenvalue weighted by Crippen LogP contribution is -2.18. The third kappa shape index (κ3) is 5.46. The Morgan fingerprint density at radius 1 is 0.967 bits per heavy atom. The molecule has 0 spiro atoms. The van der Waals surface area contributed by atoms with Crippen molar-refractivity contribution >= 4 is 27.3 Å². The number of benzene rings is 3. The maximum atomic E-state index is 12.9. The fraction of sp³-hybridized carbons (Fsp3) is 0.174. The van der Waals surface area contributed by atoms with Crippen LogP contribution in [0.4, 0.5) is 11.4 Å². The topological polar surface area (TPSA) is 95.5 Å². The summed E-state index contributed by atoms with van der Waals surface area (Å²) >= 11 is 0. The Kier molecular flexibility index (Phi) is 6.87. The molecule has 6 nitrogen and oxygen atoms in total. The summed E-state index contributed by atoms with van der Waals surface area (Å²) in [5, 5.41) is 11.8. The van der Waals surface area contributed by atoms with Crippen molar-refractivity contribution in [2.75, 3.05) is 16.6 Å². The van der Waals surface area contributed by atoms with Crippen molar-refractivity contribution in [1.82, 2.24) is 0 Å². The zero-order valence-electron chi connectivity index (χ0n) is 16.6. The number of rotatable bonds is 8. The van der Waals surface area contributed by atoms with E-state index in [4.69, 9.17) is 5.11 Å². The normalized spacial score (nSPS) is 11.1. The number of sulfonamides is 1. The predicted molar refractivity (Wildman–Crippen MR) is 118 cm³/mol. The first-order chi connectivity index (χ1) is 14.4. The van der Waals surface area contributed by atoms with Gasteiger partial charge < -0.3 is 10.4 Å². The highest BCUT2D eigenvalue weighted by Gasteiger charge is 2.19. The molecule has 0 atom stereocenters. The maximum absolute atomic E-state index is 12.9. The minimum atomic E-state index is -3.89. The minimum Gasteiger partial charge on any atom is -0.396 e. The van der Waals surface area contributed by atoms with E-state index in [0.29, 0.717) is 18.5 Å². The van der Waals surface area contributed by atoms with Crippen LogP contribution in [0.3, 0.4) is 0 Å². The van der Waals surface area contributed by atoms with Gasteiger partial charge in [0.15, 0.2) is 0 Å². The van der Waals surface area contributed by atoms with Crippen LogP contribution >= 0.6 is 0 Å². The zero-order chi connectivity index (χ0) is 21.6. The smallest absolute Gasteiger partial charge is 0.261 e. The molecule has 0 saturated carbocycles. The molecular weight excluding hydrogens is 400 g/mol. The average Bonchev–Trinajstić information content (AvgIpc) is 2.74. The first-order valence-corrected chi connectivity index (χ1v) is 11.1. The molecule has 0 aliphatic carbocycles. The van der Waals surface area contributed by atoms with E-state index >= 15 is 0 Å². The molecule has 3 rings (SSSR count). The van der Waals surface area contributed by atoms with Gasteiger partial charge in [-0.2, -0.15) is 0 Å². The van der Waals surface area contributed by atoms with Crippen molar-refractivity contribution < 1.29 is 18.3 Å². The molecule has 3 aromatic carbocycles. The number of anilines is 2. The first-order valence-electron chi connectivity index (χ1n) is 9.59. The van der Waals surface area contributed by atoms with Gasteiger partial charge in [0.05, 0.1) is 16.1 Å². The molecule has 30 heavy (non-hydrogen) atoms. The summed E-state index contributed by atoms with van der Waals surface area (Å²) in [5.41, 5.74) is 2.93. The van der Waals surface area contributed by atoms with Gasteiger partial charge in [-0.1, -0.05) is 42.0 Å². The van der Waals surface area contributed by atoms with Crippen LogP contribution < -0.4 is 10.0 Å². The molecule has 3 N–H and O–H groups in total. The van der Waals surface area contributed by atoms with Crippen molar-refractivity contribution in [3.8, 4) is 0 Å². The van der Waals surface area contributed by atoms with Gasteiger partial charge in [-0.3, -0.25) is 9.52 Å². The Balaban J connectivity index is 1.83. The van der Waals surface area contributed by atoms with Crippen LogP contribution in [0.2, 0.25) is 0 Å². The molecule has 156 valence electrons. The zero-order valence-corrected chi connectivity index (χ0v) is 17.4. The Labute approximate surface area is 176 Å². The molecule has 1 amide bonds. The number of para-hydroxylation sites is 1. The van der Waals surface area contributed by atoms with Gasteiger partial charge in [-0.05, 0) is 61.7 Å². The average molecular weight is 425 g/mol. The van der Waals surface area contributed by atoms with E-state index in [2.05, 4.69) is 10.0 Å². The van der Waals surface area contributed by atoms with Crippen LogP contribution in [0.5, 0.6) is 0 Å². The van der Waals surface area contributed by atoms with E-state index in [-0.39, 0.29) is 22.8 Å². The lowest BCUT2D eigenvalue weighted by atomic mass is 10.1. The van der Waals surface area contributed by atoms with Crippen molar-refractivity contribution in [2.24, 2.45) is 0 Å². The van der Waals surface area contributed by atoms with Crippen LogP contribution in [-0.4, -0.2) is 26.0 Å². The van der Waals surface area contributed by atoms with E-state index in [1.807, 2.05) is 25.1 Å². The number of aliphatic hydroxyl groups excluding tert-OH is 1. The standard InChI is InChI=1S/C23H24N2O4S/c1-17-11-13-19(14-12-17)24-23(27)21-9-2-3-10-22(21)25-30(28,29)20-8-4-6-18(16-20)7-5-15-26/h2-4,6,8-14,16,25-26H,5,7,15H2,1H3,(H,24,27). The first kappa shape index (κ1) is 21.5. The third-order valence-corrected chi connectivity index (χ3v) is 5.92. The fourth-order valence-corrected chi connectivity index (χ4v) is 4.11. The summed E-state index contributed by atoms with van der Waals surface area (Å²) in [6.45, 7) is 1.99. The van der Waals surface area contributed by atoms with Crippen LogP contribution in [0.25, 0.3) is 0 Å². The highest BCUT2D eigenvalue weighted by Crippen LogP contribution is 2.22. The molecule has 0 unspecified atom stereocenters. The van der Waals surface area contributed by atoms with E-state index in [0.717, 1.165) is 11.1 Å². The Bertz CT molecular complexity index is 1130. The van der Waals surface area contributed by atoms with E-state index in [9.17, 15) is 13.2 Å². The summed E-state index contributed by atoms with van der Waals surface area (Å²) in [6, 6.07) is 20.4. The van der Waals surface area contributed by atoms with Gasteiger partial charge in [-0.25, -0.2) is 8.42 Å². The summed E-state index contributed by atoms with van der Waals surface area (Å²) in [4.78, 5) is 12.8. The number of amides is 1. The van der Waals surface area contributed by atoms with Crippen LogP contribution in [0, 0.1) is 6.92 Å². The number of aliphatic hydroxyl groups is 1. The lowest BCUT2D eigenvalue weighted by molar-refractivity contribution is 0.102. The summed E-state index contributed by atoms with van der Waals surface area (Å²) in [6.07, 6.45) is 1.13. The van der Waals surface area contributed by atoms with E-state index in [1.54, 1.807) is 48.5 Å². The van der Waals surface area contributed by atoms with Gasteiger partial charge in [0, 0.05) is 12.3 Å². The monoisotopic (exact) mass is 424 g/mol. The number of hydrogen-bond acceptors (Lipinski definition) is 4. The van der Waals surface area contributed by atoms with Crippen LogP contribution in [0.15, 0.2) is 77.7 Å². The highest BCUT2D eigenvalue weighted by molar-refractivity contribution is 7.92. The Hall–Kier alpha value is -3.16. The second-order valence-electron chi connectivity index (χ2n) is 6.95. The summed E-state index contributed by atoms with van der Waals surface area (Å²) in [7, 11) is -3.89. The lowest BCUT2D eigenvalue weighted by Gasteiger charge is -2.13. The molecule has 0 saturated heterocycles. The third-order valence-electron chi connectivity index (χ3n) is 4.56. The number of carbonyl (C=O) groups is 1. The quantitative estimate of drug-likeness (QED) is 0.510. The molecule has 0 bridgehead atoms. The van der Waals surface area contributed by atoms with Crippen molar-refractivity contribution in [2.45, 2.75) is 24.7 Å². The van der Waals surface area contributed by atoms with E-state index in [1.165, 1.54) is 6.07 Å². The second kappa shape index (κ2) is 9.56. The molecule has 0 fully saturated rings. The Morgan fingerprint density at radius 3 is 2.43 bits per heavy atom. The minimum absolute atomic E-state index is 0.0404. The van der Waals surface area contributed by atoms with Gasteiger partial charge in [0.2, 0.25) is 0 Å². The molecule has 0 heterocycles. The number of hydrogen-bond donors (Lipinski definition) is 3. The highest BCUT2D eigenvalue weighted by atomic mass is 32.2. The molecule has 0 radical (unpaired) electrons. The molecule has 0 aliphatic heterocycles. The van der Waals surface area contributed by atoms with Gasteiger partial charge >= 0.3 is 0 Å². The maximum Gasteiger partial charge on any atom is 0.261 e. The molecular formula is C23H24N2O4S. The number of aryl methyl sites for hydroxylation is 2. The summed E-state index contributed by atoms with van der Waals surface area (Å²) < 4.78 is 28.3. The SMILES string of the molecule is Cc1ccc(NC(=O)c2ccccc2NS(=O)(=O)c2cccc(CCCO)c2)cc1. The molecule has 3 aromatic rings. The van der Waals surface area contributed by atoms with E-state index < -0.39 is 15.9 Å². The van der Waals surface area contributed by atoms with Crippen LogP contribution in [-0.2, 0) is 16.4 Å². The van der Waals surface area contributed by atoms with Gasteiger partial charge in [0.1, 0.15) is 0 Å². The van der Waals surface area contributed by atoms with Crippen LogP contribution in [0.1, 0.15) is 27.9 Å². The van der Waals surface area contributed by atoms with Crippen molar-refractivity contribution in [1.29, 1.82) is 0 Å². The molecule has 0 aliphatic rings. The summed E-state index contributed by atoms with van der Waals surface area (Å²) in [5.74, 6) is -0.408. The Morgan fingerprint density at radius 2 is 1.70 bits per heavy atom.